The standard InChI is InChI=1S/C62H44N4.C51H34/c1-3-15-47(16-4-1)63(51-37-41-53(42-38-51)65-59-23-11-7-19-55(59)56-20-8-12-24-60(56)65)49-33-29-45(30-34-49)27-28-46-31-35-50(36-32-46)64(48-17-5-2-6-18-48)52-39-43-54(44-40-52)66-61-25-13-9-21-57(61)58-22-10-14-26-62(58)66;1-3-15-37(16-4-1)49-43-21-7-9-23-45(43)50(46-24-10-8-22-44(46)49)38-29-27-35(28-30-38)36-31-33-40(34-32-36)51(39-17-5-2-6-18-39)47-25-13-11-19-41(47)42-20-12-14-26-48(42)51/h1-44H;1-34H/b28-27+;. The minimum absolute atomic E-state index is 0.384. The van der Waals surface area contributed by atoms with E-state index in [9.17, 15) is 0 Å². The van der Waals surface area contributed by atoms with E-state index in [2.05, 4.69) is 492 Å². The van der Waals surface area contributed by atoms with Crippen molar-refractivity contribution in [2.24, 2.45) is 0 Å². The SMILES string of the molecule is C(=C\c1ccc(N(c2ccccc2)c2ccc(-n3c4ccccc4c4ccccc43)cc2)cc1)/c1ccc(N(c2ccccc2)c2ccc(-n3c4ccccc4c4ccccc43)cc2)cc1.c1ccc(-c2c3ccccc3c(-c3ccc(-c4ccc(C5(c6ccccc6)c6ccccc6-c6ccccc65)cc4)cc3)c3ccccc23)cc1. The molecule has 0 saturated carbocycles. The number of anilines is 6. The van der Waals surface area contributed by atoms with Crippen LogP contribution in [0.5, 0.6) is 0 Å². The van der Waals surface area contributed by atoms with Gasteiger partial charge < -0.3 is 18.9 Å². The number of hydrogen-bond donors (Lipinski definition) is 0. The molecule has 21 aromatic rings. The molecule has 0 amide bonds. The zero-order valence-corrected chi connectivity index (χ0v) is 64.3. The summed E-state index contributed by atoms with van der Waals surface area (Å²) in [4.78, 5) is 4.64. The molecule has 0 unspecified atom stereocenters. The molecule has 0 aliphatic heterocycles. The first kappa shape index (κ1) is 69.6. The monoisotopic (exact) mass is 1490 g/mol. The summed E-state index contributed by atoms with van der Waals surface area (Å²) in [5.74, 6) is 0. The molecule has 0 bridgehead atoms. The van der Waals surface area contributed by atoms with Crippen molar-refractivity contribution < 1.29 is 0 Å². The van der Waals surface area contributed by atoms with Gasteiger partial charge in [0.2, 0.25) is 0 Å². The molecule has 19 aromatic carbocycles. The molecule has 0 spiro atoms. The third-order valence-corrected chi connectivity index (χ3v) is 23.7. The van der Waals surface area contributed by atoms with Crippen molar-refractivity contribution in [2.75, 3.05) is 9.80 Å². The highest BCUT2D eigenvalue weighted by Crippen LogP contribution is 2.56. The van der Waals surface area contributed by atoms with Crippen LogP contribution in [0.25, 0.3) is 133 Å². The second kappa shape index (κ2) is 30.0. The molecule has 4 nitrogen and oxygen atoms in total. The molecule has 22 rings (SSSR count). The Labute approximate surface area is 681 Å². The minimum Gasteiger partial charge on any atom is -0.311 e. The van der Waals surface area contributed by atoms with E-state index < -0.39 is 0 Å². The number of benzene rings is 19. The molecule has 117 heavy (non-hydrogen) atoms. The predicted molar refractivity (Wildman–Crippen MR) is 495 cm³/mol. The van der Waals surface area contributed by atoms with E-state index >= 15 is 0 Å². The number of para-hydroxylation sites is 6. The predicted octanol–water partition coefficient (Wildman–Crippen LogP) is 30.3. The summed E-state index contributed by atoms with van der Waals surface area (Å²) in [6, 6.07) is 167. The van der Waals surface area contributed by atoms with E-state index in [1.54, 1.807) is 0 Å². The Hall–Kier alpha value is -15.4. The van der Waals surface area contributed by atoms with Crippen molar-refractivity contribution >= 4 is 111 Å². The van der Waals surface area contributed by atoms with E-state index in [-0.39, 0.29) is 5.41 Å². The lowest BCUT2D eigenvalue weighted by molar-refractivity contribution is 0.768. The summed E-state index contributed by atoms with van der Waals surface area (Å²) in [5, 5.41) is 10.2. The topological polar surface area (TPSA) is 16.3 Å². The second-order valence-electron chi connectivity index (χ2n) is 30.2. The Balaban J connectivity index is 0.000000151. The van der Waals surface area contributed by atoms with Crippen LogP contribution in [0.2, 0.25) is 0 Å². The molecule has 2 heterocycles. The van der Waals surface area contributed by atoms with Gasteiger partial charge >= 0.3 is 0 Å². The maximum atomic E-state index is 2.36. The van der Waals surface area contributed by atoms with Crippen molar-refractivity contribution in [3.05, 3.63) is 494 Å². The molecule has 550 valence electrons. The van der Waals surface area contributed by atoms with Crippen molar-refractivity contribution in [1.29, 1.82) is 0 Å². The average Bonchev–Trinajstić information content (AvgIpc) is 1.56. The smallest absolute Gasteiger partial charge is 0.0713 e. The second-order valence-corrected chi connectivity index (χ2v) is 30.2. The van der Waals surface area contributed by atoms with Gasteiger partial charge in [-0.2, -0.15) is 0 Å². The third-order valence-electron chi connectivity index (χ3n) is 23.7. The molecular formula is C113H78N4. The van der Waals surface area contributed by atoms with Gasteiger partial charge in [-0.3, -0.25) is 0 Å². The molecule has 4 heteroatoms. The Morgan fingerprint density at radius 2 is 0.444 bits per heavy atom. The van der Waals surface area contributed by atoms with Gasteiger partial charge in [-0.25, -0.2) is 0 Å². The lowest BCUT2D eigenvalue weighted by Gasteiger charge is -2.34. The van der Waals surface area contributed by atoms with Gasteiger partial charge in [-0.1, -0.05) is 352 Å². The maximum Gasteiger partial charge on any atom is 0.0713 e. The van der Waals surface area contributed by atoms with E-state index in [0.717, 1.165) is 56.6 Å². The largest absolute Gasteiger partial charge is 0.311 e. The molecule has 0 N–H and O–H groups in total. The number of nitrogens with zero attached hydrogens (tertiary/aromatic N) is 4. The Morgan fingerprint density at radius 1 is 0.188 bits per heavy atom. The van der Waals surface area contributed by atoms with Crippen LogP contribution < -0.4 is 9.80 Å². The van der Waals surface area contributed by atoms with Crippen LogP contribution in [0.15, 0.2) is 461 Å². The van der Waals surface area contributed by atoms with Crippen molar-refractivity contribution in [1.82, 2.24) is 9.13 Å². The van der Waals surface area contributed by atoms with Crippen molar-refractivity contribution in [3.8, 4) is 55.9 Å². The van der Waals surface area contributed by atoms with Gasteiger partial charge in [0.15, 0.2) is 0 Å². The fourth-order valence-corrected chi connectivity index (χ4v) is 18.4. The van der Waals surface area contributed by atoms with Crippen LogP contribution in [0.1, 0.15) is 33.4 Å². The van der Waals surface area contributed by atoms with Crippen LogP contribution in [0, 0.1) is 0 Å². The summed E-state index contributed by atoms with van der Waals surface area (Å²) in [5.41, 5.74) is 30.9. The maximum absolute atomic E-state index is 2.36. The highest BCUT2D eigenvalue weighted by molar-refractivity contribution is 6.21. The summed E-state index contributed by atoms with van der Waals surface area (Å²) in [6.45, 7) is 0. The highest BCUT2D eigenvalue weighted by atomic mass is 15.1. The van der Waals surface area contributed by atoms with Gasteiger partial charge in [-0.15, -0.1) is 0 Å². The van der Waals surface area contributed by atoms with Gasteiger partial charge in [0.25, 0.3) is 0 Å². The zero-order chi connectivity index (χ0) is 77.6. The highest BCUT2D eigenvalue weighted by Gasteiger charge is 2.46. The first-order valence-corrected chi connectivity index (χ1v) is 40.3. The summed E-state index contributed by atoms with van der Waals surface area (Å²) < 4.78 is 4.73. The molecule has 0 fully saturated rings. The van der Waals surface area contributed by atoms with Gasteiger partial charge in [0.1, 0.15) is 0 Å². The lowest BCUT2D eigenvalue weighted by Crippen LogP contribution is -2.28. The van der Waals surface area contributed by atoms with Gasteiger partial charge in [0.05, 0.1) is 27.5 Å². The zero-order valence-electron chi connectivity index (χ0n) is 64.3. The first-order chi connectivity index (χ1) is 58.1. The molecule has 0 radical (unpaired) electrons. The Kier molecular flexibility index (Phi) is 17.8. The fourth-order valence-electron chi connectivity index (χ4n) is 18.4. The van der Waals surface area contributed by atoms with Crippen molar-refractivity contribution in [2.45, 2.75) is 5.41 Å². The number of fused-ring (bicyclic) bond motifs is 11. The number of rotatable bonds is 15. The van der Waals surface area contributed by atoms with Crippen molar-refractivity contribution in [3.63, 3.8) is 0 Å². The van der Waals surface area contributed by atoms with Crippen LogP contribution in [0.3, 0.4) is 0 Å². The van der Waals surface area contributed by atoms with E-state index in [1.165, 1.54) is 132 Å². The average molecular weight is 1490 g/mol. The summed E-state index contributed by atoms with van der Waals surface area (Å²) in [6.07, 6.45) is 4.38. The van der Waals surface area contributed by atoms with E-state index in [1.807, 2.05) is 0 Å². The lowest BCUT2D eigenvalue weighted by atomic mass is 9.67. The number of aromatic nitrogens is 2. The number of hydrogen-bond acceptors (Lipinski definition) is 2. The fraction of sp³-hybridized carbons (Fsp3) is 0.00885. The summed E-state index contributed by atoms with van der Waals surface area (Å²) >= 11 is 0. The molecule has 2 aromatic heterocycles. The van der Waals surface area contributed by atoms with Crippen LogP contribution >= 0.6 is 0 Å². The van der Waals surface area contributed by atoms with Crippen LogP contribution in [-0.4, -0.2) is 9.13 Å². The van der Waals surface area contributed by atoms with Gasteiger partial charge in [0, 0.05) is 67.0 Å². The molecule has 1 aliphatic rings. The van der Waals surface area contributed by atoms with Gasteiger partial charge in [-0.05, 0) is 221 Å². The molecular weight excluding hydrogens is 1410 g/mol. The van der Waals surface area contributed by atoms with Crippen LogP contribution in [0.4, 0.5) is 34.1 Å². The molecule has 1 aliphatic carbocycles. The summed E-state index contributed by atoms with van der Waals surface area (Å²) in [7, 11) is 0. The third kappa shape index (κ3) is 12.3. The normalized spacial score (nSPS) is 12.1. The Morgan fingerprint density at radius 3 is 0.812 bits per heavy atom. The Bertz CT molecular complexity index is 6780. The van der Waals surface area contributed by atoms with E-state index in [4.69, 9.17) is 0 Å². The first-order valence-electron chi connectivity index (χ1n) is 40.3. The molecule has 0 atom stereocenters. The van der Waals surface area contributed by atoms with Crippen LogP contribution in [-0.2, 0) is 5.41 Å². The molecule has 0 saturated heterocycles. The van der Waals surface area contributed by atoms with E-state index in [0.29, 0.717) is 0 Å². The minimum atomic E-state index is -0.384. The quantitative estimate of drug-likeness (QED) is 0.0751.